The van der Waals surface area contributed by atoms with Crippen molar-refractivity contribution in [2.75, 3.05) is 11.4 Å². The largest absolute Gasteiger partial charge is 0.351 e. The molecule has 2 aromatic rings. The molecule has 1 atom stereocenters. The van der Waals surface area contributed by atoms with Crippen LogP contribution in [0.2, 0.25) is 5.02 Å². The number of amides is 2. The molecule has 0 spiro atoms. The van der Waals surface area contributed by atoms with Gasteiger partial charge in [0.25, 0.3) is 0 Å². The highest BCUT2D eigenvalue weighted by Gasteiger charge is 2.31. The average molecular weight is 343 g/mol. The van der Waals surface area contributed by atoms with Crippen molar-refractivity contribution < 1.29 is 9.59 Å². The van der Waals surface area contributed by atoms with Gasteiger partial charge in [0.2, 0.25) is 11.8 Å². The number of hydrogen-bond donors (Lipinski definition) is 1. The molecule has 0 aromatic heterocycles. The van der Waals surface area contributed by atoms with Gasteiger partial charge in [0.05, 0.1) is 12.5 Å². The predicted octanol–water partition coefficient (Wildman–Crippen LogP) is 3.11. The van der Waals surface area contributed by atoms with Crippen LogP contribution in [0, 0.1) is 6.92 Å². The van der Waals surface area contributed by atoms with Gasteiger partial charge in [-0.25, -0.2) is 0 Å². The first kappa shape index (κ1) is 16.5. The molecule has 0 bridgehead atoms. The zero-order valence-corrected chi connectivity index (χ0v) is 14.2. The third-order valence-electron chi connectivity index (χ3n) is 4.08. The molecule has 1 aliphatic rings. The zero-order chi connectivity index (χ0) is 17.1. The van der Waals surface area contributed by atoms with E-state index in [4.69, 9.17) is 11.6 Å². The highest BCUT2D eigenvalue weighted by Crippen LogP contribution is 2.23. The summed E-state index contributed by atoms with van der Waals surface area (Å²) in [4.78, 5) is 26.1. The van der Waals surface area contributed by atoms with E-state index < -0.39 is 0 Å². The number of anilines is 1. The van der Waals surface area contributed by atoms with E-state index in [1.54, 1.807) is 17.0 Å². The van der Waals surface area contributed by atoms with Crippen LogP contribution >= 0.6 is 11.6 Å². The maximum atomic E-state index is 12.2. The number of aryl methyl sites for hydroxylation is 1. The Labute approximate surface area is 146 Å². The summed E-state index contributed by atoms with van der Waals surface area (Å²) in [5.41, 5.74) is 2.91. The minimum Gasteiger partial charge on any atom is -0.351 e. The van der Waals surface area contributed by atoms with E-state index in [0.29, 0.717) is 24.4 Å². The molecule has 1 saturated heterocycles. The lowest BCUT2D eigenvalue weighted by atomic mass is 10.1. The molecule has 0 aliphatic carbocycles. The van der Waals surface area contributed by atoms with Crippen LogP contribution in [0.5, 0.6) is 0 Å². The minimum atomic E-state index is -0.162. The lowest BCUT2D eigenvalue weighted by Gasteiger charge is -2.17. The molecule has 2 aromatic carbocycles. The fraction of sp³-hybridized carbons (Fsp3) is 0.263. The fourth-order valence-electron chi connectivity index (χ4n) is 2.96. The monoisotopic (exact) mass is 342 g/mol. The lowest BCUT2D eigenvalue weighted by Crippen LogP contribution is -2.38. The topological polar surface area (TPSA) is 49.4 Å². The van der Waals surface area contributed by atoms with E-state index in [9.17, 15) is 9.59 Å². The highest BCUT2D eigenvalue weighted by atomic mass is 35.5. The molecule has 1 N–H and O–H groups in total. The van der Waals surface area contributed by atoms with E-state index >= 15 is 0 Å². The molecule has 24 heavy (non-hydrogen) atoms. The molecule has 1 fully saturated rings. The maximum absolute atomic E-state index is 12.2. The Bertz CT molecular complexity index is 758. The molecular formula is C19H19ClN2O2. The standard InChI is InChI=1S/C19H19ClN2O2/c1-13-3-2-4-14(9-13)10-18(23)21-16-11-19(24)22(12-16)17-7-5-15(20)6-8-17/h2-9,16H,10-12H2,1H3,(H,21,23)/t16-/m1/s1. The Morgan fingerprint density at radius 2 is 2.00 bits per heavy atom. The van der Waals surface area contributed by atoms with Crippen molar-refractivity contribution in [3.63, 3.8) is 0 Å². The fourth-order valence-corrected chi connectivity index (χ4v) is 3.09. The molecular weight excluding hydrogens is 324 g/mol. The number of halogens is 1. The highest BCUT2D eigenvalue weighted by molar-refractivity contribution is 6.30. The summed E-state index contributed by atoms with van der Waals surface area (Å²) in [6.07, 6.45) is 0.648. The Morgan fingerprint density at radius 1 is 1.25 bits per heavy atom. The quantitative estimate of drug-likeness (QED) is 0.928. The van der Waals surface area contributed by atoms with Crippen LogP contribution < -0.4 is 10.2 Å². The van der Waals surface area contributed by atoms with Crippen molar-refractivity contribution in [1.29, 1.82) is 0 Å². The van der Waals surface area contributed by atoms with Gasteiger partial charge in [0, 0.05) is 23.7 Å². The third-order valence-corrected chi connectivity index (χ3v) is 4.33. The number of nitrogens with one attached hydrogen (secondary N) is 1. The minimum absolute atomic E-state index is 0.0122. The first-order valence-corrected chi connectivity index (χ1v) is 8.30. The molecule has 124 valence electrons. The van der Waals surface area contributed by atoms with Gasteiger partial charge < -0.3 is 10.2 Å². The Hall–Kier alpha value is -2.33. The summed E-state index contributed by atoms with van der Waals surface area (Å²) in [6, 6.07) is 14.9. The first-order valence-electron chi connectivity index (χ1n) is 7.92. The summed E-state index contributed by atoms with van der Waals surface area (Å²) >= 11 is 5.88. The van der Waals surface area contributed by atoms with E-state index in [1.807, 2.05) is 43.3 Å². The van der Waals surface area contributed by atoms with Crippen LogP contribution in [0.1, 0.15) is 17.5 Å². The van der Waals surface area contributed by atoms with Gasteiger partial charge in [-0.1, -0.05) is 41.4 Å². The number of carbonyl (C=O) groups is 2. The van der Waals surface area contributed by atoms with Gasteiger partial charge in [-0.15, -0.1) is 0 Å². The maximum Gasteiger partial charge on any atom is 0.229 e. The van der Waals surface area contributed by atoms with Crippen molar-refractivity contribution in [1.82, 2.24) is 5.32 Å². The summed E-state index contributed by atoms with van der Waals surface area (Å²) in [5.74, 6) is -0.0467. The average Bonchev–Trinajstić information content (AvgIpc) is 2.88. The normalized spacial score (nSPS) is 17.2. The molecule has 4 nitrogen and oxygen atoms in total. The number of benzene rings is 2. The van der Waals surface area contributed by atoms with E-state index in [-0.39, 0.29) is 17.9 Å². The van der Waals surface area contributed by atoms with Crippen LogP contribution in [-0.4, -0.2) is 24.4 Å². The van der Waals surface area contributed by atoms with Crippen LogP contribution in [0.4, 0.5) is 5.69 Å². The van der Waals surface area contributed by atoms with Crippen molar-refractivity contribution >= 4 is 29.1 Å². The smallest absolute Gasteiger partial charge is 0.229 e. The molecule has 5 heteroatoms. The van der Waals surface area contributed by atoms with Gasteiger partial charge in [-0.05, 0) is 36.8 Å². The summed E-state index contributed by atoms with van der Waals surface area (Å²) in [6.45, 7) is 2.49. The second-order valence-electron chi connectivity index (χ2n) is 6.12. The van der Waals surface area contributed by atoms with Gasteiger partial charge in [0.15, 0.2) is 0 Å². The van der Waals surface area contributed by atoms with Gasteiger partial charge in [-0.2, -0.15) is 0 Å². The van der Waals surface area contributed by atoms with Crippen molar-refractivity contribution in [3.8, 4) is 0 Å². The second kappa shape index (κ2) is 7.05. The predicted molar refractivity (Wildman–Crippen MR) is 95.2 cm³/mol. The zero-order valence-electron chi connectivity index (χ0n) is 13.5. The number of carbonyl (C=O) groups excluding carboxylic acids is 2. The molecule has 3 rings (SSSR count). The van der Waals surface area contributed by atoms with Crippen LogP contribution in [0.25, 0.3) is 0 Å². The van der Waals surface area contributed by atoms with Crippen LogP contribution in [-0.2, 0) is 16.0 Å². The van der Waals surface area contributed by atoms with Crippen LogP contribution in [0.15, 0.2) is 48.5 Å². The van der Waals surface area contributed by atoms with E-state index in [2.05, 4.69) is 5.32 Å². The SMILES string of the molecule is Cc1cccc(CC(=O)N[C@@H]2CC(=O)N(c3ccc(Cl)cc3)C2)c1. The molecule has 1 aliphatic heterocycles. The van der Waals surface area contributed by atoms with Gasteiger partial charge in [-0.3, -0.25) is 9.59 Å². The molecule has 0 unspecified atom stereocenters. The lowest BCUT2D eigenvalue weighted by molar-refractivity contribution is -0.121. The molecule has 1 heterocycles. The van der Waals surface area contributed by atoms with Gasteiger partial charge in [0.1, 0.15) is 0 Å². The molecule has 2 amide bonds. The molecule has 0 radical (unpaired) electrons. The summed E-state index contributed by atoms with van der Waals surface area (Å²) < 4.78 is 0. The van der Waals surface area contributed by atoms with E-state index in [0.717, 1.165) is 16.8 Å². The Morgan fingerprint density at radius 3 is 2.71 bits per heavy atom. The number of rotatable bonds is 4. The van der Waals surface area contributed by atoms with Crippen molar-refractivity contribution in [2.45, 2.75) is 25.8 Å². The van der Waals surface area contributed by atoms with Gasteiger partial charge >= 0.3 is 0 Å². The third kappa shape index (κ3) is 3.95. The summed E-state index contributed by atoms with van der Waals surface area (Å²) in [7, 11) is 0. The second-order valence-corrected chi connectivity index (χ2v) is 6.55. The number of nitrogens with zero attached hydrogens (tertiary/aromatic N) is 1. The van der Waals surface area contributed by atoms with Crippen molar-refractivity contribution in [3.05, 3.63) is 64.7 Å². The summed E-state index contributed by atoms with van der Waals surface area (Å²) in [5, 5.41) is 3.59. The van der Waals surface area contributed by atoms with E-state index in [1.165, 1.54) is 0 Å². The Balaban J connectivity index is 1.59. The Kier molecular flexibility index (Phi) is 4.86. The van der Waals surface area contributed by atoms with Crippen LogP contribution in [0.3, 0.4) is 0 Å². The molecule has 0 saturated carbocycles. The number of hydrogen-bond acceptors (Lipinski definition) is 2. The van der Waals surface area contributed by atoms with Crippen molar-refractivity contribution in [2.24, 2.45) is 0 Å². The first-order chi connectivity index (χ1) is 11.5.